The molecule has 0 saturated carbocycles. The number of rotatable bonds is 4. The summed E-state index contributed by atoms with van der Waals surface area (Å²) in [6.07, 6.45) is 3.90. The molecule has 0 aromatic heterocycles. The first-order valence-electron chi connectivity index (χ1n) is 7.61. The van der Waals surface area contributed by atoms with Crippen molar-refractivity contribution in [2.24, 2.45) is 0 Å². The average Bonchev–Trinajstić information content (AvgIpc) is 2.47. The Morgan fingerprint density at radius 1 is 1.26 bits per heavy atom. The van der Waals surface area contributed by atoms with Crippen LogP contribution in [0.5, 0.6) is 0 Å². The molecule has 19 heavy (non-hydrogen) atoms. The minimum absolute atomic E-state index is 0.180. The third-order valence-electron chi connectivity index (χ3n) is 3.95. The number of hydrogen-bond donors (Lipinski definition) is 1. The summed E-state index contributed by atoms with van der Waals surface area (Å²) in [5.74, 6) is 0. The van der Waals surface area contributed by atoms with Gasteiger partial charge in [0.1, 0.15) is 0 Å². The molecule has 0 fully saturated rings. The van der Waals surface area contributed by atoms with Crippen molar-refractivity contribution in [2.75, 3.05) is 18.0 Å². The zero-order chi connectivity index (χ0) is 13.9. The maximum atomic E-state index is 3.68. The number of benzene rings is 1. The fraction of sp³-hybridized carbons (Fsp3) is 0.647. The van der Waals surface area contributed by atoms with Gasteiger partial charge in [0.25, 0.3) is 0 Å². The van der Waals surface area contributed by atoms with E-state index in [-0.39, 0.29) is 5.54 Å². The summed E-state index contributed by atoms with van der Waals surface area (Å²) in [5.41, 5.74) is 4.41. The average molecular weight is 260 g/mol. The van der Waals surface area contributed by atoms with Crippen LogP contribution in [-0.4, -0.2) is 18.6 Å². The van der Waals surface area contributed by atoms with Crippen LogP contribution in [0, 0.1) is 6.92 Å². The first-order valence-corrected chi connectivity index (χ1v) is 7.61. The number of anilines is 1. The van der Waals surface area contributed by atoms with Crippen LogP contribution in [0.1, 0.15) is 51.2 Å². The molecule has 2 nitrogen and oxygen atoms in total. The molecule has 1 N–H and O–H groups in total. The highest BCUT2D eigenvalue weighted by atomic mass is 15.2. The van der Waals surface area contributed by atoms with Crippen molar-refractivity contribution >= 4 is 5.69 Å². The molecule has 106 valence electrons. The van der Waals surface area contributed by atoms with Crippen LogP contribution < -0.4 is 10.2 Å². The van der Waals surface area contributed by atoms with E-state index >= 15 is 0 Å². The van der Waals surface area contributed by atoms with Crippen LogP contribution in [0.4, 0.5) is 5.69 Å². The molecule has 1 aliphatic rings. The van der Waals surface area contributed by atoms with Gasteiger partial charge in [-0.25, -0.2) is 0 Å². The molecule has 2 heteroatoms. The number of nitrogens with one attached hydrogen (secondary N) is 1. The predicted octanol–water partition coefficient (Wildman–Crippen LogP) is 3.87. The molecule has 0 atom stereocenters. The quantitative estimate of drug-likeness (QED) is 0.827. The largest absolute Gasteiger partial charge is 0.369 e. The van der Waals surface area contributed by atoms with Gasteiger partial charge in [0, 0.05) is 30.9 Å². The molecular formula is C17H28N2. The van der Waals surface area contributed by atoms with E-state index in [1.165, 1.54) is 42.6 Å². The van der Waals surface area contributed by atoms with Gasteiger partial charge in [0.2, 0.25) is 0 Å². The van der Waals surface area contributed by atoms with E-state index in [0.29, 0.717) is 0 Å². The molecule has 0 unspecified atom stereocenters. The van der Waals surface area contributed by atoms with Gasteiger partial charge >= 0.3 is 0 Å². The first-order chi connectivity index (χ1) is 9.02. The summed E-state index contributed by atoms with van der Waals surface area (Å²) in [6, 6.07) is 6.88. The van der Waals surface area contributed by atoms with E-state index in [2.05, 4.69) is 56.1 Å². The van der Waals surface area contributed by atoms with Crippen LogP contribution in [0.3, 0.4) is 0 Å². The van der Waals surface area contributed by atoms with E-state index < -0.39 is 0 Å². The van der Waals surface area contributed by atoms with Gasteiger partial charge in [-0.3, -0.25) is 0 Å². The third-order valence-corrected chi connectivity index (χ3v) is 3.95. The van der Waals surface area contributed by atoms with Crippen molar-refractivity contribution in [3.63, 3.8) is 0 Å². The lowest BCUT2D eigenvalue weighted by Gasteiger charge is -2.32. The van der Waals surface area contributed by atoms with Crippen LogP contribution in [-0.2, 0) is 6.54 Å². The Bertz CT molecular complexity index is 423. The van der Waals surface area contributed by atoms with Crippen molar-refractivity contribution in [2.45, 2.75) is 59.0 Å². The predicted molar refractivity (Wildman–Crippen MR) is 83.8 cm³/mol. The zero-order valence-electron chi connectivity index (χ0n) is 12.9. The number of nitrogens with zero attached hydrogens (tertiary/aromatic N) is 1. The Kier molecular flexibility index (Phi) is 4.51. The lowest BCUT2D eigenvalue weighted by molar-refractivity contribution is 0.394. The van der Waals surface area contributed by atoms with E-state index in [0.717, 1.165) is 13.1 Å². The number of hydrogen-bond acceptors (Lipinski definition) is 2. The normalized spacial score (nSPS) is 18.0. The Labute approximate surface area is 118 Å². The highest BCUT2D eigenvalue weighted by Crippen LogP contribution is 2.27. The fourth-order valence-electron chi connectivity index (χ4n) is 2.87. The fourth-order valence-corrected chi connectivity index (χ4v) is 2.87. The second-order valence-electron chi connectivity index (χ2n) is 6.50. The first kappa shape index (κ1) is 14.4. The van der Waals surface area contributed by atoms with E-state index in [1.54, 1.807) is 0 Å². The topological polar surface area (TPSA) is 15.3 Å². The van der Waals surface area contributed by atoms with Crippen LogP contribution in [0.2, 0.25) is 0 Å². The van der Waals surface area contributed by atoms with Gasteiger partial charge in [0.05, 0.1) is 0 Å². The minimum Gasteiger partial charge on any atom is -0.369 e. The Morgan fingerprint density at radius 2 is 2.05 bits per heavy atom. The van der Waals surface area contributed by atoms with Gasteiger partial charge in [-0.2, -0.15) is 0 Å². The molecule has 0 radical (unpaired) electrons. The monoisotopic (exact) mass is 260 g/mol. The van der Waals surface area contributed by atoms with Gasteiger partial charge in [-0.15, -0.1) is 0 Å². The Hall–Kier alpha value is -1.02. The molecule has 0 saturated heterocycles. The SMILES string of the molecule is CCCCCN1CC(C)(C)NCc2cc(C)ccc21. The van der Waals surface area contributed by atoms with Crippen molar-refractivity contribution in [1.82, 2.24) is 5.32 Å². The summed E-state index contributed by atoms with van der Waals surface area (Å²) < 4.78 is 0. The van der Waals surface area contributed by atoms with Gasteiger partial charge < -0.3 is 10.2 Å². The van der Waals surface area contributed by atoms with Gasteiger partial charge in [0.15, 0.2) is 0 Å². The highest BCUT2D eigenvalue weighted by molar-refractivity contribution is 5.56. The Balaban J connectivity index is 2.22. The lowest BCUT2D eigenvalue weighted by Crippen LogP contribution is -2.47. The smallest absolute Gasteiger partial charge is 0.0412 e. The molecule has 0 spiro atoms. The zero-order valence-corrected chi connectivity index (χ0v) is 12.9. The lowest BCUT2D eigenvalue weighted by atomic mass is 10.1. The van der Waals surface area contributed by atoms with E-state index in [4.69, 9.17) is 0 Å². The molecule has 0 aliphatic carbocycles. The summed E-state index contributed by atoms with van der Waals surface area (Å²) in [7, 11) is 0. The highest BCUT2D eigenvalue weighted by Gasteiger charge is 2.26. The number of fused-ring (bicyclic) bond motifs is 1. The minimum atomic E-state index is 0.180. The summed E-state index contributed by atoms with van der Waals surface area (Å²) in [6.45, 7) is 12.3. The maximum absolute atomic E-state index is 3.68. The molecule has 1 heterocycles. The molecule has 1 aliphatic heterocycles. The molecule has 1 aromatic carbocycles. The van der Waals surface area contributed by atoms with E-state index in [1.807, 2.05) is 0 Å². The van der Waals surface area contributed by atoms with Crippen molar-refractivity contribution in [3.05, 3.63) is 29.3 Å². The van der Waals surface area contributed by atoms with Crippen molar-refractivity contribution in [3.8, 4) is 0 Å². The van der Waals surface area contributed by atoms with E-state index in [9.17, 15) is 0 Å². The number of unbranched alkanes of at least 4 members (excludes halogenated alkanes) is 2. The molecular weight excluding hydrogens is 232 g/mol. The van der Waals surface area contributed by atoms with Crippen LogP contribution >= 0.6 is 0 Å². The summed E-state index contributed by atoms with van der Waals surface area (Å²) in [5, 5.41) is 3.68. The van der Waals surface area contributed by atoms with Crippen LogP contribution in [0.15, 0.2) is 18.2 Å². The Morgan fingerprint density at radius 3 is 2.79 bits per heavy atom. The second-order valence-corrected chi connectivity index (χ2v) is 6.50. The molecule has 0 amide bonds. The number of aryl methyl sites for hydroxylation is 1. The van der Waals surface area contributed by atoms with Gasteiger partial charge in [-0.05, 0) is 38.8 Å². The summed E-state index contributed by atoms with van der Waals surface area (Å²) >= 11 is 0. The third kappa shape index (κ3) is 3.73. The van der Waals surface area contributed by atoms with Gasteiger partial charge in [-0.1, -0.05) is 37.5 Å². The molecule has 2 rings (SSSR count). The maximum Gasteiger partial charge on any atom is 0.0412 e. The van der Waals surface area contributed by atoms with Crippen LogP contribution in [0.25, 0.3) is 0 Å². The molecule has 1 aromatic rings. The second kappa shape index (κ2) is 5.96. The standard InChI is InChI=1S/C17H28N2/c1-5-6-7-10-19-13-17(3,4)18-12-15-11-14(2)8-9-16(15)19/h8-9,11,18H,5-7,10,12-13H2,1-4H3. The summed E-state index contributed by atoms with van der Waals surface area (Å²) in [4.78, 5) is 2.57. The van der Waals surface area contributed by atoms with Crippen molar-refractivity contribution < 1.29 is 0 Å². The molecule has 0 bridgehead atoms. The van der Waals surface area contributed by atoms with Crippen molar-refractivity contribution in [1.29, 1.82) is 0 Å².